The normalized spacial score (nSPS) is 11.2. The van der Waals surface area contributed by atoms with Gasteiger partial charge in [0, 0.05) is 38.6 Å². The molecule has 5 aromatic rings. The fourth-order valence-corrected chi connectivity index (χ4v) is 4.24. The second-order valence-electron chi connectivity index (χ2n) is 6.96. The summed E-state index contributed by atoms with van der Waals surface area (Å²) in [6.45, 7) is 0. The smallest absolute Gasteiger partial charge is 0.234 e. The Kier molecular flexibility index (Phi) is 5.26. The standard InChI is InChI=1S/C24H13BrCl2FN3/c25-17-5-1-15(2-6-17)22-23(20-10-7-18(26)11-21(20)27)31-13-16(12-29-24(31)30-22)14-3-8-19(28)9-4-14/h1-13H. The minimum Gasteiger partial charge on any atom is -0.282 e. The molecule has 0 saturated heterocycles. The largest absolute Gasteiger partial charge is 0.282 e. The summed E-state index contributed by atoms with van der Waals surface area (Å²) in [5.74, 6) is 0.247. The lowest BCUT2D eigenvalue weighted by molar-refractivity contribution is 0.628. The van der Waals surface area contributed by atoms with Crippen molar-refractivity contribution >= 4 is 44.9 Å². The van der Waals surface area contributed by atoms with Gasteiger partial charge >= 0.3 is 0 Å². The van der Waals surface area contributed by atoms with E-state index in [1.807, 2.05) is 40.9 Å². The van der Waals surface area contributed by atoms with E-state index in [2.05, 4.69) is 20.9 Å². The number of rotatable bonds is 3. The minimum absolute atomic E-state index is 0.286. The summed E-state index contributed by atoms with van der Waals surface area (Å²) in [6.07, 6.45) is 3.67. The maximum atomic E-state index is 13.4. The van der Waals surface area contributed by atoms with Crippen LogP contribution >= 0.6 is 39.1 Å². The van der Waals surface area contributed by atoms with Crippen molar-refractivity contribution in [1.29, 1.82) is 0 Å². The summed E-state index contributed by atoms with van der Waals surface area (Å²) < 4.78 is 16.3. The Morgan fingerprint density at radius 3 is 2.26 bits per heavy atom. The van der Waals surface area contributed by atoms with Crippen molar-refractivity contribution in [1.82, 2.24) is 14.4 Å². The van der Waals surface area contributed by atoms with Gasteiger partial charge in [0.2, 0.25) is 5.78 Å². The minimum atomic E-state index is -0.286. The Bertz CT molecular complexity index is 1410. The van der Waals surface area contributed by atoms with Crippen molar-refractivity contribution in [2.75, 3.05) is 0 Å². The van der Waals surface area contributed by atoms with Crippen molar-refractivity contribution in [3.63, 3.8) is 0 Å². The van der Waals surface area contributed by atoms with E-state index in [-0.39, 0.29) is 5.82 Å². The lowest BCUT2D eigenvalue weighted by Gasteiger charge is -2.09. The first-order valence-electron chi connectivity index (χ1n) is 9.35. The van der Waals surface area contributed by atoms with Gasteiger partial charge in [-0.15, -0.1) is 0 Å². The van der Waals surface area contributed by atoms with Crippen LogP contribution in [-0.2, 0) is 0 Å². The highest BCUT2D eigenvalue weighted by Crippen LogP contribution is 2.38. The van der Waals surface area contributed by atoms with Crippen molar-refractivity contribution < 1.29 is 4.39 Å². The molecule has 2 heterocycles. The van der Waals surface area contributed by atoms with Crippen LogP contribution in [0.4, 0.5) is 4.39 Å². The van der Waals surface area contributed by atoms with Gasteiger partial charge in [-0.25, -0.2) is 14.4 Å². The predicted molar refractivity (Wildman–Crippen MR) is 127 cm³/mol. The average molecular weight is 513 g/mol. The fourth-order valence-electron chi connectivity index (χ4n) is 3.47. The van der Waals surface area contributed by atoms with Crippen LogP contribution < -0.4 is 0 Å². The number of hydrogen-bond acceptors (Lipinski definition) is 2. The molecule has 3 aromatic carbocycles. The van der Waals surface area contributed by atoms with E-state index < -0.39 is 0 Å². The number of hydrogen-bond donors (Lipinski definition) is 0. The lowest BCUT2D eigenvalue weighted by Crippen LogP contribution is -1.94. The highest BCUT2D eigenvalue weighted by Gasteiger charge is 2.19. The summed E-state index contributed by atoms with van der Waals surface area (Å²) in [6, 6.07) is 19.6. The van der Waals surface area contributed by atoms with Gasteiger partial charge in [-0.2, -0.15) is 0 Å². The zero-order chi connectivity index (χ0) is 21.5. The highest BCUT2D eigenvalue weighted by molar-refractivity contribution is 9.10. The zero-order valence-corrected chi connectivity index (χ0v) is 19.0. The number of fused-ring (bicyclic) bond motifs is 1. The molecule has 0 amide bonds. The van der Waals surface area contributed by atoms with Gasteiger partial charge in [0.05, 0.1) is 16.4 Å². The van der Waals surface area contributed by atoms with Crippen molar-refractivity contribution in [3.05, 3.63) is 99.5 Å². The van der Waals surface area contributed by atoms with E-state index >= 15 is 0 Å². The molecule has 0 aliphatic rings. The molecule has 31 heavy (non-hydrogen) atoms. The van der Waals surface area contributed by atoms with Crippen LogP contribution in [-0.4, -0.2) is 14.4 Å². The quantitative estimate of drug-likeness (QED) is 0.245. The molecular weight excluding hydrogens is 500 g/mol. The van der Waals surface area contributed by atoms with E-state index in [4.69, 9.17) is 28.2 Å². The van der Waals surface area contributed by atoms with Crippen LogP contribution in [0.5, 0.6) is 0 Å². The van der Waals surface area contributed by atoms with Crippen LogP contribution in [0.25, 0.3) is 39.4 Å². The zero-order valence-electron chi connectivity index (χ0n) is 15.9. The molecule has 2 aromatic heterocycles. The van der Waals surface area contributed by atoms with Gasteiger partial charge in [-0.3, -0.25) is 4.40 Å². The SMILES string of the molecule is Fc1ccc(-c2cnc3nc(-c4ccc(Br)cc4)c(-c4ccc(Cl)cc4Cl)n3c2)cc1. The Balaban J connectivity index is 1.79. The van der Waals surface area contributed by atoms with Gasteiger partial charge in [-0.05, 0) is 48.0 Å². The fraction of sp³-hybridized carbons (Fsp3) is 0. The van der Waals surface area contributed by atoms with E-state index in [1.54, 1.807) is 30.5 Å². The van der Waals surface area contributed by atoms with Gasteiger partial charge in [-0.1, -0.05) is 63.4 Å². The molecule has 0 N–H and O–H groups in total. The highest BCUT2D eigenvalue weighted by atomic mass is 79.9. The second-order valence-corrected chi connectivity index (χ2v) is 8.72. The van der Waals surface area contributed by atoms with Gasteiger partial charge in [0.25, 0.3) is 0 Å². The number of aromatic nitrogens is 3. The summed E-state index contributed by atoms with van der Waals surface area (Å²) >= 11 is 16.2. The van der Waals surface area contributed by atoms with E-state index in [0.717, 1.165) is 38.1 Å². The molecule has 0 fully saturated rings. The molecule has 0 aliphatic carbocycles. The van der Waals surface area contributed by atoms with Gasteiger partial charge in [0.15, 0.2) is 0 Å². The average Bonchev–Trinajstić information content (AvgIpc) is 3.13. The molecule has 3 nitrogen and oxygen atoms in total. The summed E-state index contributed by atoms with van der Waals surface area (Å²) in [7, 11) is 0. The molecular formula is C24H13BrCl2FN3. The van der Waals surface area contributed by atoms with Crippen LogP contribution in [0.2, 0.25) is 10.0 Å². The predicted octanol–water partition coefficient (Wildman–Crippen LogP) is 7.94. The Hall–Kier alpha value is -2.73. The van der Waals surface area contributed by atoms with Crippen LogP contribution in [0.3, 0.4) is 0 Å². The van der Waals surface area contributed by atoms with E-state index in [9.17, 15) is 4.39 Å². The number of imidazole rings is 1. The summed E-state index contributed by atoms with van der Waals surface area (Å²) in [5.41, 5.74) is 4.95. The van der Waals surface area contributed by atoms with Gasteiger partial charge < -0.3 is 0 Å². The Morgan fingerprint density at radius 1 is 0.839 bits per heavy atom. The number of nitrogens with zero attached hydrogens (tertiary/aromatic N) is 3. The topological polar surface area (TPSA) is 30.2 Å². The van der Waals surface area contributed by atoms with Crippen LogP contribution in [0, 0.1) is 5.82 Å². The Labute approximate surface area is 196 Å². The van der Waals surface area contributed by atoms with Crippen LogP contribution in [0.15, 0.2) is 83.6 Å². The van der Waals surface area contributed by atoms with Crippen molar-refractivity contribution in [2.24, 2.45) is 0 Å². The molecule has 5 rings (SSSR count). The second kappa shape index (κ2) is 8.08. The van der Waals surface area contributed by atoms with Crippen LogP contribution in [0.1, 0.15) is 0 Å². The van der Waals surface area contributed by atoms with Crippen molar-refractivity contribution in [3.8, 4) is 33.6 Å². The molecule has 0 spiro atoms. The molecule has 0 radical (unpaired) electrons. The lowest BCUT2D eigenvalue weighted by atomic mass is 10.0. The molecule has 0 unspecified atom stereocenters. The van der Waals surface area contributed by atoms with Gasteiger partial charge in [0.1, 0.15) is 5.82 Å². The molecule has 0 aliphatic heterocycles. The summed E-state index contributed by atoms with van der Waals surface area (Å²) in [5, 5.41) is 1.07. The summed E-state index contributed by atoms with van der Waals surface area (Å²) in [4.78, 5) is 9.34. The third-order valence-corrected chi connectivity index (χ3v) is 6.04. The van der Waals surface area contributed by atoms with Crippen molar-refractivity contribution in [2.45, 2.75) is 0 Å². The third kappa shape index (κ3) is 3.85. The maximum absolute atomic E-state index is 13.4. The van der Waals surface area contributed by atoms with E-state index in [0.29, 0.717) is 15.8 Å². The molecule has 0 bridgehead atoms. The molecule has 152 valence electrons. The first kappa shape index (κ1) is 20.2. The molecule has 7 heteroatoms. The monoisotopic (exact) mass is 511 g/mol. The van der Waals surface area contributed by atoms with E-state index in [1.165, 1.54) is 12.1 Å². The maximum Gasteiger partial charge on any atom is 0.234 e. The molecule has 0 atom stereocenters. The first-order chi connectivity index (χ1) is 15.0. The number of benzene rings is 3. The Morgan fingerprint density at radius 2 is 1.55 bits per heavy atom. The first-order valence-corrected chi connectivity index (χ1v) is 10.9. The molecule has 0 saturated carbocycles. The third-order valence-electron chi connectivity index (χ3n) is 4.96. The number of halogens is 4.